The van der Waals surface area contributed by atoms with Gasteiger partial charge in [0, 0.05) is 5.33 Å². The summed E-state index contributed by atoms with van der Waals surface area (Å²) in [7, 11) is 0. The molecule has 0 aromatic heterocycles. The van der Waals surface area contributed by atoms with Crippen LogP contribution in [0.5, 0.6) is 5.75 Å². The van der Waals surface area contributed by atoms with E-state index in [0.29, 0.717) is 11.3 Å². The lowest BCUT2D eigenvalue weighted by Crippen LogP contribution is -1.99. The van der Waals surface area contributed by atoms with Crippen LogP contribution < -0.4 is 4.74 Å². The Labute approximate surface area is 140 Å². The largest absolute Gasteiger partial charge is 0.487 e. The third-order valence-corrected chi connectivity index (χ3v) is 4.41. The van der Waals surface area contributed by atoms with E-state index in [1.807, 2.05) is 12.1 Å². The molecule has 0 aliphatic heterocycles. The molecule has 20 heavy (non-hydrogen) atoms. The van der Waals surface area contributed by atoms with Crippen molar-refractivity contribution in [1.82, 2.24) is 0 Å². The van der Waals surface area contributed by atoms with Gasteiger partial charge in [-0.3, -0.25) is 0 Å². The van der Waals surface area contributed by atoms with Crippen molar-refractivity contribution in [2.45, 2.75) is 11.9 Å². The second-order valence-electron chi connectivity index (χ2n) is 4.06. The van der Waals surface area contributed by atoms with Crippen LogP contribution in [-0.2, 0) is 11.9 Å². The fourth-order valence-corrected chi connectivity index (χ4v) is 3.45. The molecule has 0 fully saturated rings. The minimum absolute atomic E-state index is 0.155. The molecule has 0 unspecified atom stereocenters. The zero-order valence-electron chi connectivity index (χ0n) is 10.1. The van der Waals surface area contributed by atoms with E-state index in [-0.39, 0.29) is 6.61 Å². The SMILES string of the molecule is Fc1ccc(COc2c(Br)cc(CBr)cc2Br)cc1F. The normalized spacial score (nSPS) is 10.7. The van der Waals surface area contributed by atoms with E-state index in [9.17, 15) is 8.78 Å². The van der Waals surface area contributed by atoms with Gasteiger partial charge in [0.1, 0.15) is 12.4 Å². The Hall–Kier alpha value is -0.460. The van der Waals surface area contributed by atoms with Gasteiger partial charge in [-0.2, -0.15) is 0 Å². The second-order valence-corrected chi connectivity index (χ2v) is 6.33. The van der Waals surface area contributed by atoms with Crippen LogP contribution >= 0.6 is 47.8 Å². The molecular weight excluding hydrogens is 462 g/mol. The van der Waals surface area contributed by atoms with Crippen LogP contribution in [0, 0.1) is 11.6 Å². The maximum absolute atomic E-state index is 13.1. The van der Waals surface area contributed by atoms with Gasteiger partial charge in [0.15, 0.2) is 11.6 Å². The number of benzene rings is 2. The molecule has 0 heterocycles. The summed E-state index contributed by atoms with van der Waals surface area (Å²) < 4.78 is 33.2. The average molecular weight is 471 g/mol. The highest BCUT2D eigenvalue weighted by atomic mass is 79.9. The Kier molecular flexibility index (Phi) is 5.57. The van der Waals surface area contributed by atoms with Crippen LogP contribution in [0.15, 0.2) is 39.3 Å². The number of hydrogen-bond donors (Lipinski definition) is 0. The van der Waals surface area contributed by atoms with Crippen molar-refractivity contribution in [3.8, 4) is 5.75 Å². The highest BCUT2D eigenvalue weighted by molar-refractivity contribution is 9.11. The second kappa shape index (κ2) is 7.00. The predicted molar refractivity (Wildman–Crippen MR) is 85.2 cm³/mol. The van der Waals surface area contributed by atoms with Crippen molar-refractivity contribution in [2.75, 3.05) is 0 Å². The maximum Gasteiger partial charge on any atom is 0.159 e. The van der Waals surface area contributed by atoms with Gasteiger partial charge in [0.05, 0.1) is 8.95 Å². The quantitative estimate of drug-likeness (QED) is 0.501. The molecule has 1 nitrogen and oxygen atoms in total. The first-order chi connectivity index (χ1) is 9.51. The molecule has 106 valence electrons. The number of rotatable bonds is 4. The van der Waals surface area contributed by atoms with E-state index >= 15 is 0 Å². The van der Waals surface area contributed by atoms with Gasteiger partial charge in [0.2, 0.25) is 0 Å². The zero-order valence-corrected chi connectivity index (χ0v) is 14.9. The van der Waals surface area contributed by atoms with Crippen molar-refractivity contribution in [3.05, 3.63) is 62.0 Å². The smallest absolute Gasteiger partial charge is 0.159 e. The molecule has 0 aliphatic rings. The molecule has 0 bridgehead atoms. The molecule has 0 saturated heterocycles. The standard InChI is InChI=1S/C14H9Br3F2O/c15-6-9-3-10(16)14(11(17)4-9)20-7-8-1-2-12(18)13(19)5-8/h1-5H,6-7H2. The first kappa shape index (κ1) is 15.9. The van der Waals surface area contributed by atoms with Gasteiger partial charge in [-0.15, -0.1) is 0 Å². The Morgan fingerprint density at radius 1 is 0.900 bits per heavy atom. The summed E-state index contributed by atoms with van der Waals surface area (Å²) >= 11 is 10.2. The molecule has 0 amide bonds. The van der Waals surface area contributed by atoms with Gasteiger partial charge >= 0.3 is 0 Å². The topological polar surface area (TPSA) is 9.23 Å². The van der Waals surface area contributed by atoms with Crippen molar-refractivity contribution < 1.29 is 13.5 Å². The van der Waals surface area contributed by atoms with Crippen LogP contribution in [0.3, 0.4) is 0 Å². The summed E-state index contributed by atoms with van der Waals surface area (Å²) in [6, 6.07) is 7.57. The fourth-order valence-electron chi connectivity index (χ4n) is 1.61. The molecule has 0 aliphatic carbocycles. The summed E-state index contributed by atoms with van der Waals surface area (Å²) in [5.41, 5.74) is 1.65. The van der Waals surface area contributed by atoms with Crippen LogP contribution in [0.4, 0.5) is 8.78 Å². The molecule has 0 radical (unpaired) electrons. The summed E-state index contributed by atoms with van der Waals surface area (Å²) in [5, 5.41) is 0.730. The lowest BCUT2D eigenvalue weighted by atomic mass is 10.2. The third-order valence-electron chi connectivity index (χ3n) is 2.58. The molecule has 0 N–H and O–H groups in total. The number of alkyl halides is 1. The molecule has 0 spiro atoms. The van der Waals surface area contributed by atoms with Crippen LogP contribution in [-0.4, -0.2) is 0 Å². The minimum atomic E-state index is -0.876. The molecule has 0 saturated carbocycles. The Bertz CT molecular complexity index is 609. The minimum Gasteiger partial charge on any atom is -0.487 e. The van der Waals surface area contributed by atoms with Gasteiger partial charge in [-0.25, -0.2) is 8.78 Å². The van der Waals surface area contributed by atoms with E-state index in [1.54, 1.807) is 0 Å². The molecule has 2 rings (SSSR count). The van der Waals surface area contributed by atoms with E-state index in [0.717, 1.165) is 32.0 Å². The Balaban J connectivity index is 2.16. The zero-order chi connectivity index (χ0) is 14.7. The van der Waals surface area contributed by atoms with Crippen LogP contribution in [0.25, 0.3) is 0 Å². The highest BCUT2D eigenvalue weighted by Gasteiger charge is 2.10. The van der Waals surface area contributed by atoms with Gasteiger partial charge in [-0.1, -0.05) is 22.0 Å². The summed E-state index contributed by atoms with van der Waals surface area (Å²) in [6.07, 6.45) is 0. The molecular formula is C14H9Br3F2O. The lowest BCUT2D eigenvalue weighted by Gasteiger charge is -2.12. The summed E-state index contributed by atoms with van der Waals surface area (Å²) in [6.45, 7) is 0.155. The van der Waals surface area contributed by atoms with E-state index in [1.165, 1.54) is 6.07 Å². The molecule has 0 atom stereocenters. The van der Waals surface area contributed by atoms with Gasteiger partial charge in [0.25, 0.3) is 0 Å². The maximum atomic E-state index is 13.1. The summed E-state index contributed by atoms with van der Waals surface area (Å²) in [5.74, 6) is -1.11. The average Bonchev–Trinajstić information content (AvgIpc) is 2.41. The first-order valence-corrected chi connectivity index (χ1v) is 8.32. The van der Waals surface area contributed by atoms with Crippen molar-refractivity contribution in [2.24, 2.45) is 0 Å². The van der Waals surface area contributed by atoms with E-state index in [2.05, 4.69) is 47.8 Å². The lowest BCUT2D eigenvalue weighted by molar-refractivity contribution is 0.301. The van der Waals surface area contributed by atoms with E-state index < -0.39 is 11.6 Å². The highest BCUT2D eigenvalue weighted by Crippen LogP contribution is 2.35. The van der Waals surface area contributed by atoms with Crippen molar-refractivity contribution >= 4 is 47.8 Å². The number of halogens is 5. The van der Waals surface area contributed by atoms with Crippen molar-refractivity contribution in [3.63, 3.8) is 0 Å². The molecule has 2 aromatic carbocycles. The fraction of sp³-hybridized carbons (Fsp3) is 0.143. The van der Waals surface area contributed by atoms with Crippen LogP contribution in [0.2, 0.25) is 0 Å². The predicted octanol–water partition coefficient (Wildman–Crippen LogP) is 5.96. The Morgan fingerprint density at radius 2 is 1.55 bits per heavy atom. The summed E-state index contributed by atoms with van der Waals surface area (Å²) in [4.78, 5) is 0. The number of ether oxygens (including phenoxy) is 1. The first-order valence-electron chi connectivity index (χ1n) is 5.62. The molecule has 2 aromatic rings. The van der Waals surface area contributed by atoms with Gasteiger partial charge in [-0.05, 0) is 67.3 Å². The monoisotopic (exact) mass is 468 g/mol. The molecule has 6 heteroatoms. The van der Waals surface area contributed by atoms with Gasteiger partial charge < -0.3 is 4.74 Å². The van der Waals surface area contributed by atoms with Crippen molar-refractivity contribution in [1.29, 1.82) is 0 Å². The third kappa shape index (κ3) is 3.80. The van der Waals surface area contributed by atoms with E-state index in [4.69, 9.17) is 4.74 Å². The number of hydrogen-bond acceptors (Lipinski definition) is 1. The Morgan fingerprint density at radius 3 is 2.10 bits per heavy atom. The van der Waals surface area contributed by atoms with Crippen LogP contribution in [0.1, 0.15) is 11.1 Å².